The third-order valence-corrected chi connectivity index (χ3v) is 0.937. The van der Waals surface area contributed by atoms with Crippen LogP contribution in [0.4, 0.5) is 0 Å². The Hall–Kier alpha value is -0.200. The van der Waals surface area contributed by atoms with E-state index in [9.17, 15) is 0 Å². The first-order chi connectivity index (χ1) is 6.95. The molecule has 0 aromatic carbocycles. The highest BCUT2D eigenvalue weighted by Gasteiger charge is 1.83. The minimum Gasteiger partial charge on any atom is -0.394 e. The van der Waals surface area contributed by atoms with Crippen molar-refractivity contribution >= 4 is 0 Å². The molecule has 0 rings (SSSR count). The molecular weight excluding hydrogens is 200 g/mol. The van der Waals surface area contributed by atoms with Crippen LogP contribution in [0, 0.1) is 0 Å². The molecule has 0 saturated carbocycles. The summed E-state index contributed by atoms with van der Waals surface area (Å²) in [6.45, 7) is 8.44. The molecule has 0 amide bonds. The van der Waals surface area contributed by atoms with Gasteiger partial charge in [0, 0.05) is 13.2 Å². The smallest absolute Gasteiger partial charge is 0.0742 e. The molecule has 2 atom stereocenters. The van der Waals surface area contributed by atoms with Gasteiger partial charge >= 0.3 is 0 Å². The molecule has 0 heterocycles. The number of rotatable bonds is 4. The molecular formula is C10H26O5. The highest BCUT2D eigenvalue weighted by molar-refractivity contribution is 4.34. The van der Waals surface area contributed by atoms with Crippen LogP contribution in [0.25, 0.3) is 0 Å². The number of aliphatic hydroxyl groups is 4. The minimum atomic E-state index is -0.560. The summed E-state index contributed by atoms with van der Waals surface area (Å²) in [6.07, 6.45) is -1.12. The van der Waals surface area contributed by atoms with Gasteiger partial charge < -0.3 is 25.2 Å². The molecule has 96 valence electrons. The fourth-order valence-corrected chi connectivity index (χ4v) is 0.204. The van der Waals surface area contributed by atoms with Crippen molar-refractivity contribution in [1.29, 1.82) is 0 Å². The van der Waals surface area contributed by atoms with E-state index in [1.54, 1.807) is 0 Å². The lowest BCUT2D eigenvalue weighted by molar-refractivity contribution is 0.110. The van der Waals surface area contributed by atoms with Crippen LogP contribution >= 0.6 is 0 Å². The van der Waals surface area contributed by atoms with Crippen molar-refractivity contribution in [2.45, 2.75) is 39.9 Å². The number of hydrogen-bond donors (Lipinski definition) is 4. The fourth-order valence-electron chi connectivity index (χ4n) is 0.204. The maximum absolute atomic E-state index is 8.11. The van der Waals surface area contributed by atoms with Gasteiger partial charge in [0.25, 0.3) is 0 Å². The summed E-state index contributed by atoms with van der Waals surface area (Å²) in [4.78, 5) is 0. The van der Waals surface area contributed by atoms with Crippen molar-refractivity contribution in [1.82, 2.24) is 0 Å². The van der Waals surface area contributed by atoms with Gasteiger partial charge in [-0.3, -0.25) is 0 Å². The Balaban J connectivity index is -0.000000144. The Morgan fingerprint density at radius 1 is 0.867 bits per heavy atom. The third-order valence-electron chi connectivity index (χ3n) is 0.937. The fraction of sp³-hybridized carbons (Fsp3) is 1.00. The Kier molecular flexibility index (Phi) is 26.2. The Labute approximate surface area is 92.3 Å². The number of hydrogen-bond acceptors (Lipinski definition) is 5. The van der Waals surface area contributed by atoms with Gasteiger partial charge in [-0.15, -0.1) is 0 Å². The van der Waals surface area contributed by atoms with Crippen LogP contribution in [0.15, 0.2) is 0 Å². The molecule has 0 bridgehead atoms. The Bertz CT molecular complexity index is 75.9. The number of aliphatic hydroxyl groups excluding tert-OH is 4. The van der Waals surface area contributed by atoms with Crippen molar-refractivity contribution in [3.8, 4) is 0 Å². The highest BCUT2D eigenvalue weighted by atomic mass is 16.5. The van der Waals surface area contributed by atoms with Gasteiger partial charge in [0.05, 0.1) is 25.4 Å². The van der Waals surface area contributed by atoms with Crippen LogP contribution in [0.5, 0.6) is 0 Å². The van der Waals surface area contributed by atoms with Gasteiger partial charge in [0.1, 0.15) is 0 Å². The van der Waals surface area contributed by atoms with Gasteiger partial charge in [0.15, 0.2) is 0 Å². The average molecular weight is 226 g/mol. The standard InChI is InChI=1S/C4H10O.2C3H8O2/c1-3-5-4-2;2*1-3(5)2-4/h3-4H2,1-2H3;2*3-5H,2H2,1H3. The summed E-state index contributed by atoms with van der Waals surface area (Å²) < 4.78 is 4.83. The molecule has 5 heteroatoms. The molecule has 15 heavy (non-hydrogen) atoms. The Morgan fingerprint density at radius 2 is 1.07 bits per heavy atom. The van der Waals surface area contributed by atoms with Gasteiger partial charge in [-0.25, -0.2) is 0 Å². The first kappa shape index (κ1) is 20.2. The maximum Gasteiger partial charge on any atom is 0.0742 e. The summed E-state index contributed by atoms with van der Waals surface area (Å²) in [5, 5.41) is 32.0. The van der Waals surface area contributed by atoms with E-state index in [0.29, 0.717) is 0 Å². The van der Waals surface area contributed by atoms with Crippen molar-refractivity contribution in [2.24, 2.45) is 0 Å². The topological polar surface area (TPSA) is 90.2 Å². The zero-order valence-corrected chi connectivity index (χ0v) is 10.2. The van der Waals surface area contributed by atoms with Crippen molar-refractivity contribution in [3.63, 3.8) is 0 Å². The average Bonchev–Trinajstić information content (AvgIpc) is 2.20. The number of ether oxygens (including phenoxy) is 1. The molecule has 2 unspecified atom stereocenters. The monoisotopic (exact) mass is 226 g/mol. The summed E-state index contributed by atoms with van der Waals surface area (Å²) in [5.74, 6) is 0. The molecule has 0 aromatic rings. The molecule has 0 saturated heterocycles. The molecule has 0 aliphatic rings. The van der Waals surface area contributed by atoms with E-state index in [0.717, 1.165) is 13.2 Å². The quantitative estimate of drug-likeness (QED) is 0.531. The second kappa shape index (κ2) is 19.4. The maximum atomic E-state index is 8.11. The lowest BCUT2D eigenvalue weighted by atomic mass is 10.5. The van der Waals surface area contributed by atoms with Crippen molar-refractivity contribution in [2.75, 3.05) is 26.4 Å². The first-order valence-electron chi connectivity index (χ1n) is 5.11. The van der Waals surface area contributed by atoms with Crippen LogP contribution in [0.3, 0.4) is 0 Å². The summed E-state index contributed by atoms with van der Waals surface area (Å²) >= 11 is 0. The zero-order chi connectivity index (χ0) is 12.7. The lowest BCUT2D eigenvalue weighted by Gasteiger charge is -1.90. The molecule has 0 fully saturated rings. The van der Waals surface area contributed by atoms with Crippen LogP contribution in [-0.2, 0) is 4.74 Å². The van der Waals surface area contributed by atoms with Crippen LogP contribution in [-0.4, -0.2) is 59.1 Å². The first-order valence-corrected chi connectivity index (χ1v) is 5.11. The molecule has 0 spiro atoms. The summed E-state index contributed by atoms with van der Waals surface area (Å²) in [5.41, 5.74) is 0. The minimum absolute atomic E-state index is 0.139. The van der Waals surface area contributed by atoms with E-state index in [1.807, 2.05) is 13.8 Å². The largest absolute Gasteiger partial charge is 0.394 e. The predicted octanol–water partition coefficient (Wildman–Crippen LogP) is -0.238. The molecule has 0 aromatic heterocycles. The second-order valence-electron chi connectivity index (χ2n) is 2.84. The lowest BCUT2D eigenvalue weighted by Crippen LogP contribution is -2.03. The summed E-state index contributed by atoms with van der Waals surface area (Å²) in [6, 6.07) is 0. The zero-order valence-electron chi connectivity index (χ0n) is 10.2. The van der Waals surface area contributed by atoms with E-state index in [2.05, 4.69) is 0 Å². The van der Waals surface area contributed by atoms with Gasteiger partial charge in [0.2, 0.25) is 0 Å². The normalized spacial score (nSPS) is 12.8. The van der Waals surface area contributed by atoms with Gasteiger partial charge in [-0.2, -0.15) is 0 Å². The second-order valence-corrected chi connectivity index (χ2v) is 2.84. The van der Waals surface area contributed by atoms with E-state index >= 15 is 0 Å². The van der Waals surface area contributed by atoms with E-state index in [-0.39, 0.29) is 13.2 Å². The van der Waals surface area contributed by atoms with Gasteiger partial charge in [-0.05, 0) is 27.7 Å². The van der Waals surface area contributed by atoms with Gasteiger partial charge in [-0.1, -0.05) is 0 Å². The SMILES string of the molecule is CC(O)CO.CC(O)CO.CCOCC. The molecule has 0 aliphatic heterocycles. The molecule has 5 nitrogen and oxygen atoms in total. The van der Waals surface area contributed by atoms with Crippen molar-refractivity contribution < 1.29 is 25.2 Å². The van der Waals surface area contributed by atoms with Crippen LogP contribution in [0.2, 0.25) is 0 Å². The van der Waals surface area contributed by atoms with Crippen molar-refractivity contribution in [3.05, 3.63) is 0 Å². The molecule has 4 N–H and O–H groups in total. The third kappa shape index (κ3) is 57.1. The highest BCUT2D eigenvalue weighted by Crippen LogP contribution is 1.69. The van der Waals surface area contributed by atoms with E-state index in [1.165, 1.54) is 13.8 Å². The van der Waals surface area contributed by atoms with E-state index < -0.39 is 12.2 Å². The van der Waals surface area contributed by atoms with E-state index in [4.69, 9.17) is 25.2 Å². The predicted molar refractivity (Wildman–Crippen MR) is 59.7 cm³/mol. The molecule has 0 radical (unpaired) electrons. The van der Waals surface area contributed by atoms with Crippen LogP contribution < -0.4 is 0 Å². The summed E-state index contributed by atoms with van der Waals surface area (Å²) in [7, 11) is 0. The molecule has 0 aliphatic carbocycles. The Morgan fingerprint density at radius 3 is 1.07 bits per heavy atom. The van der Waals surface area contributed by atoms with Crippen LogP contribution in [0.1, 0.15) is 27.7 Å².